The third-order valence-corrected chi connectivity index (χ3v) is 5.80. The Morgan fingerprint density at radius 1 is 1.56 bits per heavy atom. The molecule has 1 N–H and O–H groups in total. The number of hydrogen-bond acceptors (Lipinski definition) is 5. The molecule has 4 nitrogen and oxygen atoms in total. The molecule has 1 fully saturated rings. The first-order valence-corrected chi connectivity index (χ1v) is 8.58. The number of rotatable bonds is 4. The zero-order valence-corrected chi connectivity index (χ0v) is 13.0. The number of halogens is 2. The third kappa shape index (κ3) is 5.01. The number of sulfone groups is 1. The van der Waals surface area contributed by atoms with Crippen molar-refractivity contribution in [1.82, 2.24) is 10.3 Å². The predicted molar refractivity (Wildman–Crippen MR) is 77.5 cm³/mol. The first-order chi connectivity index (χ1) is 8.05. The van der Waals surface area contributed by atoms with Crippen molar-refractivity contribution in [1.29, 1.82) is 0 Å². The molecule has 0 aliphatic carbocycles. The molecule has 1 aliphatic rings. The van der Waals surface area contributed by atoms with E-state index >= 15 is 0 Å². The zero-order valence-electron chi connectivity index (χ0n) is 9.76. The van der Waals surface area contributed by atoms with Crippen molar-refractivity contribution in [2.75, 3.05) is 18.8 Å². The molecular weight excluding hydrogens is 315 g/mol. The SMILES string of the molecule is Cl.O=S(=O)(Cc1cnc(Cl)s1)CC1CCCNC1. The van der Waals surface area contributed by atoms with Crippen LogP contribution in [0.3, 0.4) is 0 Å². The standard InChI is InChI=1S/C10H15ClN2O2S2.ClH/c11-10-13-5-9(16-10)7-17(14,15)6-8-2-1-3-12-4-8;/h5,8,12H,1-4,6-7H2;1H. The summed E-state index contributed by atoms with van der Waals surface area (Å²) in [5, 5.41) is 3.23. The molecule has 0 saturated carbocycles. The van der Waals surface area contributed by atoms with E-state index in [0.717, 1.165) is 30.8 Å². The highest BCUT2D eigenvalue weighted by atomic mass is 35.5. The van der Waals surface area contributed by atoms with Crippen LogP contribution in [0.25, 0.3) is 0 Å². The lowest BCUT2D eigenvalue weighted by Crippen LogP contribution is -2.34. The van der Waals surface area contributed by atoms with Gasteiger partial charge in [0.1, 0.15) is 0 Å². The highest BCUT2D eigenvalue weighted by Crippen LogP contribution is 2.22. The molecule has 1 atom stereocenters. The molecule has 1 aliphatic heterocycles. The maximum atomic E-state index is 12.0. The van der Waals surface area contributed by atoms with Gasteiger partial charge in [0, 0.05) is 11.1 Å². The molecule has 2 rings (SSSR count). The van der Waals surface area contributed by atoms with Gasteiger partial charge in [-0.25, -0.2) is 13.4 Å². The predicted octanol–water partition coefficient (Wildman–Crippen LogP) is 2.13. The number of hydrogen-bond donors (Lipinski definition) is 1. The van der Waals surface area contributed by atoms with Crippen molar-refractivity contribution in [2.45, 2.75) is 18.6 Å². The summed E-state index contributed by atoms with van der Waals surface area (Å²) in [5.41, 5.74) is 0. The van der Waals surface area contributed by atoms with Gasteiger partial charge in [-0.3, -0.25) is 0 Å². The van der Waals surface area contributed by atoms with Crippen molar-refractivity contribution in [3.63, 3.8) is 0 Å². The van der Waals surface area contributed by atoms with E-state index in [1.807, 2.05) is 0 Å². The molecule has 0 aromatic carbocycles. The average Bonchev–Trinajstić information content (AvgIpc) is 2.63. The molecule has 18 heavy (non-hydrogen) atoms. The van der Waals surface area contributed by atoms with Gasteiger partial charge >= 0.3 is 0 Å². The van der Waals surface area contributed by atoms with Crippen LogP contribution in [-0.2, 0) is 15.6 Å². The maximum absolute atomic E-state index is 12.0. The fourth-order valence-corrected chi connectivity index (χ4v) is 5.23. The highest BCUT2D eigenvalue weighted by molar-refractivity contribution is 7.90. The summed E-state index contributed by atoms with van der Waals surface area (Å²) in [7, 11) is -3.05. The number of thiazole rings is 1. The molecule has 0 amide bonds. The number of nitrogens with one attached hydrogen (secondary N) is 1. The van der Waals surface area contributed by atoms with Crippen LogP contribution in [0.1, 0.15) is 17.7 Å². The number of nitrogens with zero attached hydrogens (tertiary/aromatic N) is 1. The lowest BCUT2D eigenvalue weighted by atomic mass is 10.0. The van der Waals surface area contributed by atoms with Crippen molar-refractivity contribution < 1.29 is 8.42 Å². The first kappa shape index (κ1) is 16.2. The number of piperidine rings is 1. The van der Waals surface area contributed by atoms with E-state index in [9.17, 15) is 8.42 Å². The van der Waals surface area contributed by atoms with E-state index in [2.05, 4.69) is 10.3 Å². The van der Waals surface area contributed by atoms with Gasteiger partial charge in [-0.2, -0.15) is 0 Å². The molecule has 0 spiro atoms. The van der Waals surface area contributed by atoms with Gasteiger partial charge in [0.2, 0.25) is 0 Å². The number of aromatic nitrogens is 1. The van der Waals surface area contributed by atoms with Crippen molar-refractivity contribution in [2.24, 2.45) is 5.92 Å². The molecule has 0 radical (unpaired) electrons. The minimum Gasteiger partial charge on any atom is -0.316 e. The van der Waals surface area contributed by atoms with E-state index < -0.39 is 9.84 Å². The van der Waals surface area contributed by atoms with E-state index in [1.165, 1.54) is 11.3 Å². The van der Waals surface area contributed by atoms with Gasteiger partial charge in [-0.05, 0) is 31.8 Å². The van der Waals surface area contributed by atoms with Crippen LogP contribution in [0.5, 0.6) is 0 Å². The summed E-state index contributed by atoms with van der Waals surface area (Å²) in [6.45, 7) is 1.81. The Bertz CT molecular complexity index is 470. The minimum atomic E-state index is -3.05. The van der Waals surface area contributed by atoms with Crippen molar-refractivity contribution in [3.05, 3.63) is 15.5 Å². The molecular formula is C10H16Cl2N2O2S2. The van der Waals surface area contributed by atoms with Gasteiger partial charge in [-0.1, -0.05) is 11.6 Å². The summed E-state index contributed by atoms with van der Waals surface area (Å²) in [6.07, 6.45) is 3.60. The highest BCUT2D eigenvalue weighted by Gasteiger charge is 2.22. The van der Waals surface area contributed by atoms with Crippen molar-refractivity contribution >= 4 is 45.2 Å². The topological polar surface area (TPSA) is 59.1 Å². The van der Waals surface area contributed by atoms with E-state index in [0.29, 0.717) is 4.47 Å². The van der Waals surface area contributed by atoms with Crippen LogP contribution >= 0.6 is 35.3 Å². The van der Waals surface area contributed by atoms with Gasteiger partial charge < -0.3 is 5.32 Å². The Hall–Kier alpha value is 0.120. The first-order valence-electron chi connectivity index (χ1n) is 5.56. The third-order valence-electron chi connectivity index (χ3n) is 2.78. The van der Waals surface area contributed by atoms with Crippen LogP contribution < -0.4 is 5.32 Å². The largest absolute Gasteiger partial charge is 0.316 e. The molecule has 1 aromatic heterocycles. The summed E-state index contributed by atoms with van der Waals surface area (Å²) in [5.74, 6) is 0.570. The lowest BCUT2D eigenvalue weighted by Gasteiger charge is -2.22. The monoisotopic (exact) mass is 330 g/mol. The Labute approximate surface area is 122 Å². The fraction of sp³-hybridized carbons (Fsp3) is 0.700. The summed E-state index contributed by atoms with van der Waals surface area (Å²) < 4.78 is 24.4. The molecule has 104 valence electrons. The summed E-state index contributed by atoms with van der Waals surface area (Å²) in [4.78, 5) is 4.58. The van der Waals surface area contributed by atoms with E-state index in [1.54, 1.807) is 6.20 Å². The average molecular weight is 331 g/mol. The van der Waals surface area contributed by atoms with Crippen LogP contribution in [0.15, 0.2) is 6.20 Å². The van der Waals surface area contributed by atoms with Gasteiger partial charge in [0.05, 0.1) is 11.5 Å². The summed E-state index contributed by atoms with van der Waals surface area (Å²) in [6, 6.07) is 0. The molecule has 8 heteroatoms. The minimum absolute atomic E-state index is 0. The molecule has 1 aromatic rings. The summed E-state index contributed by atoms with van der Waals surface area (Å²) >= 11 is 6.92. The maximum Gasteiger partial charge on any atom is 0.183 e. The Balaban J connectivity index is 0.00000162. The normalized spacial score (nSPS) is 20.4. The smallest absolute Gasteiger partial charge is 0.183 e. The quantitative estimate of drug-likeness (QED) is 0.918. The Kier molecular flexibility index (Phi) is 6.34. The Morgan fingerprint density at radius 2 is 2.33 bits per heavy atom. The van der Waals surface area contributed by atoms with Gasteiger partial charge in [-0.15, -0.1) is 23.7 Å². The van der Waals surface area contributed by atoms with Crippen LogP contribution in [0, 0.1) is 5.92 Å². The van der Waals surface area contributed by atoms with Crippen molar-refractivity contribution in [3.8, 4) is 0 Å². The van der Waals surface area contributed by atoms with E-state index in [4.69, 9.17) is 11.6 Å². The van der Waals surface area contributed by atoms with Gasteiger partial charge in [0.15, 0.2) is 14.3 Å². The molecule has 1 saturated heterocycles. The Morgan fingerprint density at radius 3 is 2.89 bits per heavy atom. The van der Waals surface area contributed by atoms with Crippen LogP contribution in [0.4, 0.5) is 0 Å². The molecule has 1 unspecified atom stereocenters. The van der Waals surface area contributed by atoms with E-state index in [-0.39, 0.29) is 29.8 Å². The second-order valence-electron chi connectivity index (χ2n) is 4.35. The van der Waals surface area contributed by atoms with Crippen LogP contribution in [0.2, 0.25) is 4.47 Å². The fourth-order valence-electron chi connectivity index (χ4n) is 2.05. The second-order valence-corrected chi connectivity index (χ2v) is 8.15. The molecule has 0 bridgehead atoms. The van der Waals surface area contributed by atoms with Gasteiger partial charge in [0.25, 0.3) is 0 Å². The zero-order chi connectivity index (χ0) is 12.3. The lowest BCUT2D eigenvalue weighted by molar-refractivity contribution is 0.404. The molecule has 2 heterocycles. The van der Waals surface area contributed by atoms with Crippen LogP contribution in [-0.4, -0.2) is 32.2 Å². The second kappa shape index (κ2) is 7.05.